The van der Waals surface area contributed by atoms with E-state index in [4.69, 9.17) is 4.42 Å². The normalized spacial score (nSPS) is 18.1. The van der Waals surface area contributed by atoms with E-state index in [0.717, 1.165) is 4.31 Å². The monoisotopic (exact) mass is 400 g/mol. The van der Waals surface area contributed by atoms with Gasteiger partial charge in [0.2, 0.25) is 10.0 Å². The molecule has 0 saturated carbocycles. The van der Waals surface area contributed by atoms with Crippen LogP contribution in [0.1, 0.15) is 42.8 Å². The highest BCUT2D eigenvalue weighted by Crippen LogP contribution is 2.33. The molecule has 0 aliphatic carbocycles. The van der Waals surface area contributed by atoms with Crippen molar-refractivity contribution in [2.75, 3.05) is 13.1 Å². The van der Waals surface area contributed by atoms with Gasteiger partial charge in [-0.3, -0.25) is 4.79 Å². The van der Waals surface area contributed by atoms with Crippen molar-refractivity contribution >= 4 is 26.9 Å². The summed E-state index contributed by atoms with van der Waals surface area (Å²) in [5.41, 5.74) is 0.927. The first-order valence-electron chi connectivity index (χ1n) is 8.73. The standard InChI is InChI=1S/C18H22F2N2O4S/c1-11(2)21-17(23)16-12(3)14-10-13(4-5-15(14)26-16)27(24,25)22-8-6-18(19,20)7-9-22/h4-5,10-11H,6-9H2,1-3H3,(H,21,23). The Bertz CT molecular complexity index is 973. The zero-order valence-electron chi connectivity index (χ0n) is 15.4. The molecule has 1 saturated heterocycles. The Morgan fingerprint density at radius 1 is 1.26 bits per heavy atom. The summed E-state index contributed by atoms with van der Waals surface area (Å²) >= 11 is 0. The Labute approximate surface area is 156 Å². The molecular formula is C18H22F2N2O4S. The average Bonchev–Trinajstić information content (AvgIpc) is 2.90. The minimum Gasteiger partial charge on any atom is -0.451 e. The zero-order valence-corrected chi connectivity index (χ0v) is 16.2. The van der Waals surface area contributed by atoms with Crippen LogP contribution in [0.5, 0.6) is 0 Å². The second-order valence-corrected chi connectivity index (χ2v) is 9.04. The summed E-state index contributed by atoms with van der Waals surface area (Å²) in [4.78, 5) is 12.2. The molecule has 1 fully saturated rings. The largest absolute Gasteiger partial charge is 0.451 e. The van der Waals surface area contributed by atoms with Gasteiger partial charge in [0.1, 0.15) is 5.58 Å². The fraction of sp³-hybridized carbons (Fsp3) is 0.500. The molecule has 0 unspecified atom stereocenters. The van der Waals surface area contributed by atoms with E-state index in [1.807, 2.05) is 13.8 Å². The molecule has 0 spiro atoms. The molecule has 1 aromatic heterocycles. The number of nitrogens with zero attached hydrogens (tertiary/aromatic N) is 1. The van der Waals surface area contributed by atoms with Gasteiger partial charge in [0.05, 0.1) is 4.90 Å². The Kier molecular flexibility index (Phi) is 5.02. The van der Waals surface area contributed by atoms with Crippen LogP contribution in [0, 0.1) is 6.92 Å². The third-order valence-corrected chi connectivity index (χ3v) is 6.52. The van der Waals surface area contributed by atoms with Crippen molar-refractivity contribution in [2.24, 2.45) is 0 Å². The minimum absolute atomic E-state index is 0.0000610. The summed E-state index contributed by atoms with van der Waals surface area (Å²) in [7, 11) is -3.89. The van der Waals surface area contributed by atoms with Crippen LogP contribution >= 0.6 is 0 Å². The number of carbonyl (C=O) groups is 1. The predicted molar refractivity (Wildman–Crippen MR) is 96.5 cm³/mol. The fourth-order valence-corrected chi connectivity index (χ4v) is 4.58. The Morgan fingerprint density at radius 3 is 2.48 bits per heavy atom. The maximum Gasteiger partial charge on any atom is 0.287 e. The van der Waals surface area contributed by atoms with Crippen molar-refractivity contribution in [1.29, 1.82) is 0 Å². The van der Waals surface area contributed by atoms with Gasteiger partial charge in [0.15, 0.2) is 5.76 Å². The number of halogens is 2. The number of fused-ring (bicyclic) bond motifs is 1. The molecule has 0 radical (unpaired) electrons. The zero-order chi connectivity index (χ0) is 20.0. The lowest BCUT2D eigenvalue weighted by Crippen LogP contribution is -2.42. The number of piperidine rings is 1. The first kappa shape index (κ1) is 19.8. The molecule has 27 heavy (non-hydrogen) atoms. The van der Waals surface area contributed by atoms with E-state index in [9.17, 15) is 22.0 Å². The van der Waals surface area contributed by atoms with Crippen LogP contribution in [0.15, 0.2) is 27.5 Å². The summed E-state index contributed by atoms with van der Waals surface area (Å²) in [6.07, 6.45) is -0.975. The number of alkyl halides is 2. The van der Waals surface area contributed by atoms with Gasteiger partial charge in [-0.05, 0) is 39.0 Å². The van der Waals surface area contributed by atoms with Crippen molar-refractivity contribution < 1.29 is 26.4 Å². The van der Waals surface area contributed by atoms with Crippen molar-refractivity contribution in [3.63, 3.8) is 0 Å². The molecule has 1 amide bonds. The highest BCUT2D eigenvalue weighted by molar-refractivity contribution is 7.89. The summed E-state index contributed by atoms with van der Waals surface area (Å²) in [6, 6.07) is 4.22. The van der Waals surface area contributed by atoms with E-state index in [2.05, 4.69) is 5.32 Å². The third-order valence-electron chi connectivity index (χ3n) is 4.63. The lowest BCUT2D eigenvalue weighted by atomic mass is 10.1. The van der Waals surface area contributed by atoms with Crippen LogP contribution in [-0.2, 0) is 10.0 Å². The number of hydrogen-bond donors (Lipinski definition) is 1. The average molecular weight is 400 g/mol. The minimum atomic E-state index is -3.89. The number of nitrogens with one attached hydrogen (secondary N) is 1. The Balaban J connectivity index is 1.94. The highest BCUT2D eigenvalue weighted by Gasteiger charge is 2.38. The van der Waals surface area contributed by atoms with Gasteiger partial charge < -0.3 is 9.73 Å². The molecule has 1 N–H and O–H groups in total. The van der Waals surface area contributed by atoms with Gasteiger partial charge >= 0.3 is 0 Å². The molecule has 6 nitrogen and oxygen atoms in total. The number of amides is 1. The molecule has 148 valence electrons. The SMILES string of the molecule is Cc1c(C(=O)NC(C)C)oc2ccc(S(=O)(=O)N3CCC(F)(F)CC3)cc12. The van der Waals surface area contributed by atoms with Gasteiger partial charge in [-0.25, -0.2) is 17.2 Å². The lowest BCUT2D eigenvalue weighted by molar-refractivity contribution is -0.0412. The number of aryl methyl sites for hydroxylation is 1. The fourth-order valence-electron chi connectivity index (χ4n) is 3.11. The highest BCUT2D eigenvalue weighted by atomic mass is 32.2. The topological polar surface area (TPSA) is 79.6 Å². The van der Waals surface area contributed by atoms with E-state index < -0.39 is 28.8 Å². The molecular weight excluding hydrogens is 378 g/mol. The van der Waals surface area contributed by atoms with Crippen molar-refractivity contribution in [2.45, 2.75) is 50.5 Å². The van der Waals surface area contributed by atoms with Gasteiger partial charge in [-0.1, -0.05) is 0 Å². The molecule has 0 atom stereocenters. The molecule has 9 heteroatoms. The number of sulfonamides is 1. The van der Waals surface area contributed by atoms with Crippen LogP contribution in [0.25, 0.3) is 11.0 Å². The third kappa shape index (κ3) is 3.84. The molecule has 2 aromatic rings. The van der Waals surface area contributed by atoms with Crippen molar-refractivity contribution in [3.8, 4) is 0 Å². The molecule has 1 aliphatic heterocycles. The summed E-state index contributed by atoms with van der Waals surface area (Å²) < 4.78 is 58.9. The molecule has 1 aromatic carbocycles. The van der Waals surface area contributed by atoms with E-state index in [-0.39, 0.29) is 35.7 Å². The molecule has 0 bridgehead atoms. The van der Waals surface area contributed by atoms with Crippen LogP contribution in [0.4, 0.5) is 8.78 Å². The van der Waals surface area contributed by atoms with Crippen LogP contribution < -0.4 is 5.32 Å². The number of rotatable bonds is 4. The van der Waals surface area contributed by atoms with Crippen LogP contribution in [0.3, 0.4) is 0 Å². The maximum absolute atomic E-state index is 13.3. The predicted octanol–water partition coefficient (Wildman–Crippen LogP) is 3.30. The molecule has 3 rings (SSSR count). The second-order valence-electron chi connectivity index (χ2n) is 7.10. The summed E-state index contributed by atoms with van der Waals surface area (Å²) in [5.74, 6) is -3.07. The maximum atomic E-state index is 13.3. The van der Waals surface area contributed by atoms with Gasteiger partial charge in [0, 0.05) is 42.9 Å². The van der Waals surface area contributed by atoms with Gasteiger partial charge in [-0.15, -0.1) is 0 Å². The Hall–Kier alpha value is -2.00. The van der Waals surface area contributed by atoms with E-state index >= 15 is 0 Å². The number of hydrogen-bond acceptors (Lipinski definition) is 4. The first-order valence-corrected chi connectivity index (χ1v) is 10.2. The van der Waals surface area contributed by atoms with E-state index in [0.29, 0.717) is 16.5 Å². The lowest BCUT2D eigenvalue weighted by Gasteiger charge is -2.30. The van der Waals surface area contributed by atoms with E-state index in [1.165, 1.54) is 18.2 Å². The number of carbonyl (C=O) groups excluding carboxylic acids is 1. The molecule has 2 heterocycles. The van der Waals surface area contributed by atoms with Gasteiger partial charge in [-0.2, -0.15) is 4.31 Å². The van der Waals surface area contributed by atoms with Crippen LogP contribution in [0.2, 0.25) is 0 Å². The van der Waals surface area contributed by atoms with Crippen LogP contribution in [-0.4, -0.2) is 43.7 Å². The number of benzene rings is 1. The summed E-state index contributed by atoms with van der Waals surface area (Å²) in [5, 5.41) is 3.24. The molecule has 1 aliphatic rings. The quantitative estimate of drug-likeness (QED) is 0.854. The Morgan fingerprint density at radius 2 is 1.89 bits per heavy atom. The van der Waals surface area contributed by atoms with Crippen molar-refractivity contribution in [3.05, 3.63) is 29.5 Å². The van der Waals surface area contributed by atoms with E-state index in [1.54, 1.807) is 6.92 Å². The van der Waals surface area contributed by atoms with Crippen molar-refractivity contribution in [1.82, 2.24) is 9.62 Å². The summed E-state index contributed by atoms with van der Waals surface area (Å²) in [6.45, 7) is 4.88. The number of furan rings is 1. The smallest absolute Gasteiger partial charge is 0.287 e. The second kappa shape index (κ2) is 6.87. The first-order chi connectivity index (χ1) is 12.5. The van der Waals surface area contributed by atoms with Gasteiger partial charge in [0.25, 0.3) is 11.8 Å².